The van der Waals surface area contributed by atoms with Gasteiger partial charge in [0, 0.05) is 6.42 Å². The fraction of sp³-hybridized carbons (Fsp3) is 0.800. The maximum Gasteiger partial charge on any atom is 0.389 e. The standard InChI is InChI=1S/C10H15F3N2O4S/c1-9(2)8(17)14-7(16)6-15(9)20(18,19)5-3-4-10(11,12)13/h3-6H2,1-2H3,(H,14,16,17). The topological polar surface area (TPSA) is 83.6 Å². The highest BCUT2D eigenvalue weighted by atomic mass is 32.2. The molecule has 0 aliphatic carbocycles. The monoisotopic (exact) mass is 316 g/mol. The van der Waals surface area contributed by atoms with E-state index >= 15 is 0 Å². The largest absolute Gasteiger partial charge is 0.389 e. The van der Waals surface area contributed by atoms with E-state index in [0.29, 0.717) is 4.31 Å². The zero-order valence-electron chi connectivity index (χ0n) is 11.0. The number of nitrogens with zero attached hydrogens (tertiary/aromatic N) is 1. The van der Waals surface area contributed by atoms with Crippen LogP contribution in [0.3, 0.4) is 0 Å². The van der Waals surface area contributed by atoms with Crippen molar-refractivity contribution in [3.05, 3.63) is 0 Å². The number of halogens is 3. The predicted molar refractivity (Wildman–Crippen MR) is 63.0 cm³/mol. The van der Waals surface area contributed by atoms with Gasteiger partial charge in [0.2, 0.25) is 21.8 Å². The van der Waals surface area contributed by atoms with Gasteiger partial charge >= 0.3 is 6.18 Å². The number of carbonyl (C=O) groups is 2. The average molecular weight is 316 g/mol. The molecular weight excluding hydrogens is 301 g/mol. The van der Waals surface area contributed by atoms with Crippen molar-refractivity contribution in [2.24, 2.45) is 0 Å². The van der Waals surface area contributed by atoms with Crippen LogP contribution in [-0.4, -0.2) is 48.6 Å². The van der Waals surface area contributed by atoms with E-state index < -0.39 is 58.7 Å². The van der Waals surface area contributed by atoms with Gasteiger partial charge in [-0.1, -0.05) is 0 Å². The smallest absolute Gasteiger partial charge is 0.294 e. The molecule has 0 unspecified atom stereocenters. The first-order chi connectivity index (χ1) is 8.86. The quantitative estimate of drug-likeness (QED) is 0.761. The van der Waals surface area contributed by atoms with Crippen molar-refractivity contribution in [3.8, 4) is 0 Å². The van der Waals surface area contributed by atoms with Gasteiger partial charge in [-0.15, -0.1) is 0 Å². The number of amides is 2. The Kier molecular flexibility index (Phi) is 4.49. The third kappa shape index (κ3) is 3.92. The molecule has 116 valence electrons. The molecule has 0 aromatic heterocycles. The molecule has 6 nitrogen and oxygen atoms in total. The highest BCUT2D eigenvalue weighted by molar-refractivity contribution is 7.89. The van der Waals surface area contributed by atoms with Gasteiger partial charge in [0.1, 0.15) is 5.54 Å². The summed E-state index contributed by atoms with van der Waals surface area (Å²) < 4.78 is 60.7. The summed E-state index contributed by atoms with van der Waals surface area (Å²) in [4.78, 5) is 22.8. The van der Waals surface area contributed by atoms with Gasteiger partial charge in [-0.25, -0.2) is 8.42 Å². The van der Waals surface area contributed by atoms with Gasteiger partial charge in [0.25, 0.3) is 0 Å². The Morgan fingerprint density at radius 3 is 2.35 bits per heavy atom. The van der Waals surface area contributed by atoms with Crippen LogP contribution in [0, 0.1) is 0 Å². The summed E-state index contributed by atoms with van der Waals surface area (Å²) in [5.41, 5.74) is -1.51. The Hall–Kier alpha value is -1.16. The van der Waals surface area contributed by atoms with E-state index in [1.165, 1.54) is 13.8 Å². The molecule has 1 aliphatic heterocycles. The summed E-state index contributed by atoms with van der Waals surface area (Å²) >= 11 is 0. The number of rotatable bonds is 4. The molecule has 1 saturated heterocycles. The molecule has 0 saturated carbocycles. The van der Waals surface area contributed by atoms with Crippen molar-refractivity contribution >= 4 is 21.8 Å². The van der Waals surface area contributed by atoms with E-state index in [-0.39, 0.29) is 0 Å². The number of hydrogen-bond donors (Lipinski definition) is 1. The number of imide groups is 1. The molecule has 20 heavy (non-hydrogen) atoms. The normalized spacial score (nSPS) is 20.9. The second kappa shape index (κ2) is 5.32. The Bertz CT molecular complexity index is 513. The van der Waals surface area contributed by atoms with Crippen LogP contribution < -0.4 is 5.32 Å². The van der Waals surface area contributed by atoms with E-state index in [4.69, 9.17) is 0 Å². The van der Waals surface area contributed by atoms with E-state index in [9.17, 15) is 31.2 Å². The summed E-state index contributed by atoms with van der Waals surface area (Å²) in [7, 11) is -4.13. The lowest BCUT2D eigenvalue weighted by Gasteiger charge is -2.38. The van der Waals surface area contributed by atoms with E-state index in [0.717, 1.165) is 0 Å². The van der Waals surface area contributed by atoms with Crippen LogP contribution in [0.4, 0.5) is 13.2 Å². The SMILES string of the molecule is CC1(C)C(=O)NC(=O)CN1S(=O)(=O)CCCC(F)(F)F. The fourth-order valence-electron chi connectivity index (χ4n) is 1.77. The Labute approximate surface area is 114 Å². The van der Waals surface area contributed by atoms with Crippen molar-refractivity contribution in [1.82, 2.24) is 9.62 Å². The number of alkyl halides is 3. The van der Waals surface area contributed by atoms with Crippen molar-refractivity contribution in [2.75, 3.05) is 12.3 Å². The first-order valence-corrected chi connectivity index (χ1v) is 7.39. The first-order valence-electron chi connectivity index (χ1n) is 5.78. The molecule has 0 aromatic rings. The molecule has 1 N–H and O–H groups in total. The summed E-state index contributed by atoms with van der Waals surface area (Å²) in [6.07, 6.45) is -6.30. The lowest BCUT2D eigenvalue weighted by Crippen LogP contribution is -2.65. The van der Waals surface area contributed by atoms with Gasteiger partial charge < -0.3 is 0 Å². The van der Waals surface area contributed by atoms with Gasteiger partial charge in [0.05, 0.1) is 12.3 Å². The zero-order valence-corrected chi connectivity index (χ0v) is 11.8. The summed E-state index contributed by atoms with van der Waals surface area (Å²) in [6.45, 7) is 2.00. The van der Waals surface area contributed by atoms with Gasteiger partial charge in [-0.05, 0) is 20.3 Å². The van der Waals surface area contributed by atoms with Crippen molar-refractivity contribution in [2.45, 2.75) is 38.4 Å². The number of piperazine rings is 1. The molecule has 0 atom stereocenters. The molecule has 0 spiro atoms. The molecule has 1 rings (SSSR count). The molecule has 0 aromatic carbocycles. The second-order valence-corrected chi connectivity index (χ2v) is 6.99. The van der Waals surface area contributed by atoms with Crippen molar-refractivity contribution in [1.29, 1.82) is 0 Å². The predicted octanol–water partition coefficient (Wildman–Crippen LogP) is 0.396. The van der Waals surface area contributed by atoms with Crippen LogP contribution in [0.1, 0.15) is 26.7 Å². The van der Waals surface area contributed by atoms with Gasteiger partial charge in [-0.3, -0.25) is 14.9 Å². The minimum Gasteiger partial charge on any atom is -0.294 e. The fourth-order valence-corrected chi connectivity index (χ4v) is 3.59. The van der Waals surface area contributed by atoms with E-state index in [1.54, 1.807) is 0 Å². The van der Waals surface area contributed by atoms with E-state index in [1.807, 2.05) is 5.32 Å². The lowest BCUT2D eigenvalue weighted by atomic mass is 10.0. The summed E-state index contributed by atoms with van der Waals surface area (Å²) in [6, 6.07) is 0. The van der Waals surface area contributed by atoms with Crippen LogP contribution in [-0.2, 0) is 19.6 Å². The second-order valence-electron chi connectivity index (χ2n) is 4.98. The Morgan fingerprint density at radius 2 is 1.85 bits per heavy atom. The van der Waals surface area contributed by atoms with Crippen LogP contribution in [0.2, 0.25) is 0 Å². The van der Waals surface area contributed by atoms with Crippen LogP contribution in [0.25, 0.3) is 0 Å². The molecular formula is C10H15F3N2O4S. The molecule has 1 aliphatic rings. The summed E-state index contributed by atoms with van der Waals surface area (Å²) in [5, 5.41) is 1.99. The maximum atomic E-state index is 12.0. The third-order valence-corrected chi connectivity index (χ3v) is 4.98. The van der Waals surface area contributed by atoms with Crippen LogP contribution >= 0.6 is 0 Å². The number of sulfonamides is 1. The minimum absolute atomic E-state index is 0.576. The van der Waals surface area contributed by atoms with Gasteiger partial charge in [0.15, 0.2) is 0 Å². The highest BCUT2D eigenvalue weighted by Crippen LogP contribution is 2.25. The molecule has 2 amide bonds. The minimum atomic E-state index is -4.44. The maximum absolute atomic E-state index is 12.0. The molecule has 10 heteroatoms. The number of carbonyl (C=O) groups excluding carboxylic acids is 2. The molecule has 0 bridgehead atoms. The highest BCUT2D eigenvalue weighted by Gasteiger charge is 2.47. The van der Waals surface area contributed by atoms with Crippen LogP contribution in [0.5, 0.6) is 0 Å². The number of nitrogens with one attached hydrogen (secondary N) is 1. The van der Waals surface area contributed by atoms with Crippen molar-refractivity contribution < 1.29 is 31.2 Å². The average Bonchev–Trinajstić information content (AvgIpc) is 2.21. The Morgan fingerprint density at radius 1 is 1.30 bits per heavy atom. The van der Waals surface area contributed by atoms with Crippen molar-refractivity contribution in [3.63, 3.8) is 0 Å². The van der Waals surface area contributed by atoms with E-state index in [2.05, 4.69) is 0 Å². The third-order valence-electron chi connectivity index (χ3n) is 2.92. The summed E-state index contributed by atoms with van der Waals surface area (Å²) in [5.74, 6) is -2.36. The molecule has 1 fully saturated rings. The van der Waals surface area contributed by atoms with Crippen LogP contribution in [0.15, 0.2) is 0 Å². The first kappa shape index (κ1) is 16.9. The van der Waals surface area contributed by atoms with Gasteiger partial charge in [-0.2, -0.15) is 17.5 Å². The molecule has 0 radical (unpaired) electrons. The number of hydrogen-bond acceptors (Lipinski definition) is 4. The zero-order chi connectivity index (χ0) is 15.8. The Balaban J connectivity index is 2.85. The lowest BCUT2D eigenvalue weighted by molar-refractivity contribution is -0.141. The molecule has 1 heterocycles.